The first-order chi connectivity index (χ1) is 35.2. The highest BCUT2D eigenvalue weighted by Crippen LogP contribution is 2.42. The highest BCUT2D eigenvalue weighted by Gasteiger charge is 2.38. The van der Waals surface area contributed by atoms with Gasteiger partial charge >= 0.3 is 0 Å². The number of aromatic nitrogens is 2. The number of para-hydroxylation sites is 1. The first kappa shape index (κ1) is 53.9. The number of nitrogens with zero attached hydrogens (tertiary/aromatic N) is 3. The fraction of sp³-hybridized carbons (Fsp3) is 0.400. The highest BCUT2D eigenvalue weighted by atomic mass is 32.1. The van der Waals surface area contributed by atoms with Gasteiger partial charge in [0.1, 0.15) is 6.04 Å². The van der Waals surface area contributed by atoms with Crippen LogP contribution in [-0.4, -0.2) is 71.3 Å². The van der Waals surface area contributed by atoms with Gasteiger partial charge in [0.2, 0.25) is 24.1 Å². The Morgan fingerprint density at radius 2 is 1.56 bits per heavy atom. The number of hydrogen-bond donors (Lipinski definition) is 3. The minimum Gasteiger partial charge on any atom is -0.493 e. The highest BCUT2D eigenvalue weighted by molar-refractivity contribution is 7.13. The molecule has 4 amide bonds. The molecule has 4 heterocycles. The number of benzene rings is 4. The number of nitrogens with one attached hydrogen (secondary N) is 3. The normalized spacial score (nSPS) is 14.8. The lowest BCUT2D eigenvalue weighted by atomic mass is 9.85. The van der Waals surface area contributed by atoms with Gasteiger partial charge in [0.05, 0.1) is 59.3 Å². The van der Waals surface area contributed by atoms with E-state index in [-0.39, 0.29) is 41.6 Å². The summed E-state index contributed by atoms with van der Waals surface area (Å²) in [6.45, 7) is 13.5. The van der Waals surface area contributed by atoms with E-state index in [1.165, 1.54) is 10.4 Å². The summed E-state index contributed by atoms with van der Waals surface area (Å²) in [5.74, 6) is 1.27. The van der Waals surface area contributed by atoms with Crippen LogP contribution in [0.25, 0.3) is 44.1 Å². The minimum absolute atomic E-state index is 0.0311. The molecule has 2 aliphatic heterocycles. The third kappa shape index (κ3) is 14.2. The lowest BCUT2D eigenvalue weighted by Crippen LogP contribution is -2.55. The summed E-state index contributed by atoms with van der Waals surface area (Å²) in [5, 5.41) is 8.87. The van der Waals surface area contributed by atoms with Crippen molar-refractivity contribution in [3.8, 4) is 55.6 Å². The molecule has 13 heteroatoms. The van der Waals surface area contributed by atoms with Gasteiger partial charge < -0.3 is 30.3 Å². The van der Waals surface area contributed by atoms with Crippen molar-refractivity contribution in [2.45, 2.75) is 130 Å². The minimum atomic E-state index is -0.497. The van der Waals surface area contributed by atoms with Crippen LogP contribution < -0.4 is 25.4 Å². The van der Waals surface area contributed by atoms with Crippen molar-refractivity contribution in [3.05, 3.63) is 125 Å². The van der Waals surface area contributed by atoms with E-state index in [0.29, 0.717) is 24.5 Å². The molecule has 3 unspecified atom stereocenters. The molecule has 73 heavy (non-hydrogen) atoms. The van der Waals surface area contributed by atoms with Crippen molar-refractivity contribution in [1.29, 1.82) is 0 Å². The van der Waals surface area contributed by atoms with Crippen molar-refractivity contribution >= 4 is 41.2 Å². The van der Waals surface area contributed by atoms with Crippen LogP contribution >= 0.6 is 11.3 Å². The molecular weight excluding hydrogens is 933 g/mol. The van der Waals surface area contributed by atoms with Gasteiger partial charge in [-0.15, -0.1) is 11.3 Å². The maximum absolute atomic E-state index is 13.3. The predicted molar refractivity (Wildman–Crippen MR) is 294 cm³/mol. The summed E-state index contributed by atoms with van der Waals surface area (Å²) in [6, 6.07) is 34.0. The molecule has 1 fully saturated rings. The third-order valence-electron chi connectivity index (χ3n) is 13.8. The van der Waals surface area contributed by atoms with E-state index in [1.54, 1.807) is 18.4 Å². The summed E-state index contributed by atoms with van der Waals surface area (Å²) >= 11 is 1.64. The van der Waals surface area contributed by atoms with Crippen LogP contribution in [0.2, 0.25) is 0 Å². The van der Waals surface area contributed by atoms with Crippen LogP contribution in [0.3, 0.4) is 0 Å². The molecule has 0 bridgehead atoms. The number of ether oxygens (including phenoxy) is 2. The number of fused-ring (bicyclic) bond motifs is 3. The number of thiazole rings is 1. The molecule has 1 saturated heterocycles. The molecule has 12 nitrogen and oxygen atoms in total. The Labute approximate surface area is 435 Å². The molecule has 3 atom stereocenters. The molecule has 0 saturated carbocycles. The van der Waals surface area contributed by atoms with E-state index in [9.17, 15) is 19.2 Å². The molecule has 8 rings (SSSR count). The van der Waals surface area contributed by atoms with E-state index < -0.39 is 6.04 Å². The Hall–Kier alpha value is -6.86. The monoisotopic (exact) mass is 1000 g/mol. The zero-order valence-electron chi connectivity index (χ0n) is 43.6. The van der Waals surface area contributed by atoms with Gasteiger partial charge in [-0.05, 0) is 104 Å². The van der Waals surface area contributed by atoms with E-state index in [1.807, 2.05) is 130 Å². The Balaban J connectivity index is 0.000000386. The van der Waals surface area contributed by atoms with Crippen LogP contribution in [0, 0.1) is 12.3 Å². The number of aryl methyl sites for hydroxylation is 1. The Kier molecular flexibility index (Phi) is 19.0. The van der Waals surface area contributed by atoms with Crippen molar-refractivity contribution < 1.29 is 28.7 Å². The van der Waals surface area contributed by atoms with Crippen LogP contribution in [0.1, 0.15) is 122 Å². The van der Waals surface area contributed by atoms with Gasteiger partial charge in [0, 0.05) is 30.1 Å². The molecular formula is C60H72N6O6S. The number of anilines is 1. The second-order valence-corrected chi connectivity index (χ2v) is 21.1. The molecule has 2 aliphatic rings. The number of methoxy groups -OCH3 is 1. The molecule has 2 aromatic heterocycles. The van der Waals surface area contributed by atoms with E-state index >= 15 is 0 Å². The molecule has 4 aromatic carbocycles. The summed E-state index contributed by atoms with van der Waals surface area (Å²) in [5.41, 5.74) is 11.9. The first-order valence-corrected chi connectivity index (χ1v) is 26.7. The van der Waals surface area contributed by atoms with E-state index in [4.69, 9.17) is 14.5 Å². The van der Waals surface area contributed by atoms with Crippen molar-refractivity contribution in [2.75, 3.05) is 25.6 Å². The maximum Gasteiger partial charge on any atom is 0.245 e. The maximum atomic E-state index is 13.3. The predicted octanol–water partition coefficient (Wildman–Crippen LogP) is 12.6. The second-order valence-electron chi connectivity index (χ2n) is 20.2. The molecule has 0 spiro atoms. The number of pyridine rings is 1. The first-order valence-electron chi connectivity index (χ1n) is 25.9. The van der Waals surface area contributed by atoms with Gasteiger partial charge in [0.15, 0.2) is 11.5 Å². The van der Waals surface area contributed by atoms with Crippen LogP contribution in [0.4, 0.5) is 5.69 Å². The van der Waals surface area contributed by atoms with Crippen molar-refractivity contribution in [3.63, 3.8) is 0 Å². The van der Waals surface area contributed by atoms with Gasteiger partial charge in [-0.3, -0.25) is 19.2 Å². The zero-order chi connectivity index (χ0) is 51.9. The number of unbranched alkanes of at least 4 members (excludes halogenated alkanes) is 6. The van der Waals surface area contributed by atoms with Gasteiger partial charge in [-0.25, -0.2) is 9.97 Å². The number of carbonyl (C=O) groups is 4. The van der Waals surface area contributed by atoms with Gasteiger partial charge in [-0.2, -0.15) is 0 Å². The fourth-order valence-corrected chi connectivity index (χ4v) is 10.4. The molecule has 3 N–H and O–H groups in total. The van der Waals surface area contributed by atoms with Gasteiger partial charge in [-0.1, -0.05) is 132 Å². The standard InChI is InChI=1S/C47H58N4O5.C13H14N2OS/c1-32-19-18-27-51(32)46(54)45(47(2,3)4)50-42(52)24-14-9-7-6-8-10-17-28-56-40-26-25-34(29-41(40)55-5)36-30-39(33-20-12-11-13-21-33)49-44-35-22-15-16-23-38(35)48-43(53)31-37(36)44;1-9(14-7-16)11-3-5-12(6-4-11)13-10(2)15-8-17-13/h11-13,15-16,20-23,25-26,29-30,32,45H,6-10,14,17-19,24,27-28,31H2,1-5H3,(H,48,53)(H,50,52);3-9H,1-2H3,(H,14,16). The summed E-state index contributed by atoms with van der Waals surface area (Å²) in [4.78, 5) is 62.1. The van der Waals surface area contributed by atoms with Gasteiger partial charge in [0.25, 0.3) is 0 Å². The van der Waals surface area contributed by atoms with E-state index in [2.05, 4.69) is 46.1 Å². The molecule has 384 valence electrons. The largest absolute Gasteiger partial charge is 0.493 e. The average Bonchev–Trinajstić information content (AvgIpc) is 4.00. The number of hydrogen-bond acceptors (Lipinski definition) is 9. The van der Waals surface area contributed by atoms with Crippen LogP contribution in [-0.2, 0) is 25.6 Å². The van der Waals surface area contributed by atoms with E-state index in [0.717, 1.165) is 127 Å². The lowest BCUT2D eigenvalue weighted by molar-refractivity contribution is -0.140. The quantitative estimate of drug-likeness (QED) is 0.0505. The summed E-state index contributed by atoms with van der Waals surface area (Å²) in [7, 11) is 1.65. The summed E-state index contributed by atoms with van der Waals surface area (Å²) in [6.07, 6.45) is 10.5. The molecule has 0 radical (unpaired) electrons. The number of rotatable bonds is 20. The summed E-state index contributed by atoms with van der Waals surface area (Å²) < 4.78 is 12.0. The lowest BCUT2D eigenvalue weighted by Gasteiger charge is -2.35. The Morgan fingerprint density at radius 3 is 2.23 bits per heavy atom. The smallest absolute Gasteiger partial charge is 0.245 e. The fourth-order valence-electron chi connectivity index (χ4n) is 9.56. The SMILES string of the molecule is COc1cc(-c2cc(-c3ccccc3)nc3c2CC(=O)Nc2ccccc2-3)ccc1OCCCCCCCCCC(=O)NC(C(=O)N1CCCC1C)C(C)(C)C.Cc1ncsc1-c1ccc(C(C)NC=O)cc1. The number of likely N-dealkylation sites (tertiary alicyclic amines) is 1. The zero-order valence-corrected chi connectivity index (χ0v) is 44.4. The topological polar surface area (TPSA) is 152 Å². The average molecular weight is 1010 g/mol. The Morgan fingerprint density at radius 1 is 0.863 bits per heavy atom. The number of amides is 4. The third-order valence-corrected chi connectivity index (χ3v) is 14.7. The Bertz CT molecular complexity index is 2810. The molecule has 6 aromatic rings. The molecule has 0 aliphatic carbocycles. The van der Waals surface area contributed by atoms with Crippen molar-refractivity contribution in [1.82, 2.24) is 25.5 Å². The van der Waals surface area contributed by atoms with Crippen LogP contribution in [0.15, 0.2) is 109 Å². The van der Waals surface area contributed by atoms with Crippen molar-refractivity contribution in [2.24, 2.45) is 5.41 Å². The van der Waals surface area contributed by atoms with Crippen LogP contribution in [0.5, 0.6) is 11.5 Å². The number of carbonyl (C=O) groups excluding carboxylic acids is 4. The second kappa shape index (κ2) is 25.7.